The van der Waals surface area contributed by atoms with Crippen molar-refractivity contribution in [2.45, 2.75) is 19.9 Å². The summed E-state index contributed by atoms with van der Waals surface area (Å²) in [5.41, 5.74) is 7.59. The molecule has 0 amide bonds. The van der Waals surface area contributed by atoms with Gasteiger partial charge in [-0.2, -0.15) is 0 Å². The second-order valence-corrected chi connectivity index (χ2v) is 2.90. The Morgan fingerprint density at radius 3 is 2.08 bits per heavy atom. The smallest absolute Gasteiger partial charge is 0.134 e. The summed E-state index contributed by atoms with van der Waals surface area (Å²) in [6.45, 7) is 2.15. The van der Waals surface area contributed by atoms with Crippen LogP contribution in [-0.4, -0.2) is 5.78 Å². The van der Waals surface area contributed by atoms with E-state index in [-0.39, 0.29) is 18.2 Å². The monoisotopic (exact) mass is 199 g/mol. The molecule has 0 aliphatic rings. The summed E-state index contributed by atoms with van der Waals surface area (Å²) >= 11 is 0. The molecular weight excluding hydrogens is 186 g/mol. The predicted molar refractivity (Wildman–Crippen MR) is 56.0 cm³/mol. The molecule has 3 heteroatoms. The third-order valence-electron chi connectivity index (χ3n) is 1.71. The maximum atomic E-state index is 10.7. The van der Waals surface area contributed by atoms with Gasteiger partial charge in [-0.3, -0.25) is 4.79 Å². The molecular formula is C10H14ClNO. The Morgan fingerprint density at radius 2 is 1.69 bits per heavy atom. The molecule has 0 saturated heterocycles. The quantitative estimate of drug-likeness (QED) is 0.806. The average Bonchev–Trinajstić information content (AvgIpc) is 2.05. The number of Topliss-reactive ketones (excluding diaryl/α,β-unsaturated/α-hetero) is 1. The van der Waals surface area contributed by atoms with Crippen LogP contribution < -0.4 is 5.73 Å². The molecule has 0 unspecified atom stereocenters. The van der Waals surface area contributed by atoms with Crippen molar-refractivity contribution >= 4 is 18.2 Å². The molecule has 0 spiro atoms. The second-order valence-electron chi connectivity index (χ2n) is 2.90. The molecule has 0 atom stereocenters. The Kier molecular flexibility index (Phi) is 5.35. The van der Waals surface area contributed by atoms with E-state index in [4.69, 9.17) is 5.73 Å². The molecule has 0 aliphatic carbocycles. The van der Waals surface area contributed by atoms with Crippen LogP contribution in [0.4, 0.5) is 0 Å². The van der Waals surface area contributed by atoms with Crippen molar-refractivity contribution in [3.05, 3.63) is 35.4 Å². The summed E-state index contributed by atoms with van der Waals surface area (Å²) in [5.74, 6) is 0.190. The van der Waals surface area contributed by atoms with Gasteiger partial charge >= 0.3 is 0 Å². The zero-order chi connectivity index (χ0) is 8.97. The summed E-state index contributed by atoms with van der Waals surface area (Å²) in [7, 11) is 0. The average molecular weight is 200 g/mol. The fourth-order valence-corrected chi connectivity index (χ4v) is 1.08. The highest BCUT2D eigenvalue weighted by Gasteiger charge is 1.96. The number of hydrogen-bond acceptors (Lipinski definition) is 2. The Bertz CT molecular complexity index is 269. The first kappa shape index (κ1) is 12.1. The third kappa shape index (κ3) is 4.06. The van der Waals surface area contributed by atoms with Gasteiger partial charge in [-0.05, 0) is 18.1 Å². The highest BCUT2D eigenvalue weighted by molar-refractivity contribution is 5.85. The van der Waals surface area contributed by atoms with Gasteiger partial charge in [-0.1, -0.05) is 24.3 Å². The van der Waals surface area contributed by atoms with E-state index in [0.29, 0.717) is 13.0 Å². The molecule has 2 N–H and O–H groups in total. The van der Waals surface area contributed by atoms with E-state index in [1.54, 1.807) is 6.92 Å². The molecule has 1 aromatic carbocycles. The number of benzene rings is 1. The zero-order valence-corrected chi connectivity index (χ0v) is 8.43. The topological polar surface area (TPSA) is 43.1 Å². The number of carbonyl (C=O) groups is 1. The van der Waals surface area contributed by atoms with Crippen LogP contribution >= 0.6 is 12.4 Å². The summed E-state index contributed by atoms with van der Waals surface area (Å²) in [6, 6.07) is 7.81. The molecule has 0 radical (unpaired) electrons. The van der Waals surface area contributed by atoms with Gasteiger partial charge in [-0.25, -0.2) is 0 Å². The standard InChI is InChI=1S/C10H13NO.ClH/c1-8(12)6-9-2-4-10(7-11)5-3-9;/h2-5H,6-7,11H2,1H3;1H. The minimum atomic E-state index is 0. The molecule has 0 aromatic heterocycles. The lowest BCUT2D eigenvalue weighted by atomic mass is 10.1. The summed E-state index contributed by atoms with van der Waals surface area (Å²) in [4.78, 5) is 10.7. The minimum Gasteiger partial charge on any atom is -0.326 e. The first-order valence-electron chi connectivity index (χ1n) is 3.99. The summed E-state index contributed by atoms with van der Waals surface area (Å²) in [6.07, 6.45) is 0.519. The Labute approximate surface area is 84.5 Å². The highest BCUT2D eigenvalue weighted by Crippen LogP contribution is 2.04. The van der Waals surface area contributed by atoms with E-state index in [2.05, 4.69) is 0 Å². The molecule has 1 aromatic rings. The predicted octanol–water partition coefficient (Wildman–Crippen LogP) is 1.70. The molecule has 13 heavy (non-hydrogen) atoms. The van der Waals surface area contributed by atoms with Crippen LogP contribution in [0.15, 0.2) is 24.3 Å². The van der Waals surface area contributed by atoms with Gasteiger partial charge in [0.2, 0.25) is 0 Å². The summed E-state index contributed by atoms with van der Waals surface area (Å²) in [5, 5.41) is 0. The van der Waals surface area contributed by atoms with E-state index in [1.165, 1.54) is 0 Å². The fourth-order valence-electron chi connectivity index (χ4n) is 1.08. The zero-order valence-electron chi connectivity index (χ0n) is 7.62. The van der Waals surface area contributed by atoms with Crippen molar-refractivity contribution < 1.29 is 4.79 Å². The van der Waals surface area contributed by atoms with E-state index >= 15 is 0 Å². The van der Waals surface area contributed by atoms with Crippen LogP contribution in [-0.2, 0) is 17.8 Å². The van der Waals surface area contributed by atoms with E-state index < -0.39 is 0 Å². The van der Waals surface area contributed by atoms with Gasteiger partial charge in [0.25, 0.3) is 0 Å². The summed E-state index contributed by atoms with van der Waals surface area (Å²) < 4.78 is 0. The number of ketones is 1. The molecule has 0 fully saturated rings. The molecule has 2 nitrogen and oxygen atoms in total. The third-order valence-corrected chi connectivity index (χ3v) is 1.71. The van der Waals surface area contributed by atoms with Crippen molar-refractivity contribution in [2.75, 3.05) is 0 Å². The van der Waals surface area contributed by atoms with Crippen LogP contribution in [0.25, 0.3) is 0 Å². The highest BCUT2D eigenvalue weighted by atomic mass is 35.5. The number of halogens is 1. The number of nitrogens with two attached hydrogens (primary N) is 1. The van der Waals surface area contributed by atoms with Crippen molar-refractivity contribution in [3.8, 4) is 0 Å². The van der Waals surface area contributed by atoms with Crippen LogP contribution in [0, 0.1) is 0 Å². The first-order chi connectivity index (χ1) is 5.72. The normalized spacial score (nSPS) is 9.08. The van der Waals surface area contributed by atoms with E-state index in [1.807, 2.05) is 24.3 Å². The van der Waals surface area contributed by atoms with Gasteiger partial charge < -0.3 is 5.73 Å². The maximum absolute atomic E-state index is 10.7. The lowest BCUT2D eigenvalue weighted by Crippen LogP contribution is -1.98. The van der Waals surface area contributed by atoms with Crippen molar-refractivity contribution in [2.24, 2.45) is 5.73 Å². The van der Waals surface area contributed by atoms with Crippen molar-refractivity contribution in [3.63, 3.8) is 0 Å². The molecule has 0 bridgehead atoms. The second kappa shape index (κ2) is 5.73. The SMILES string of the molecule is CC(=O)Cc1ccc(CN)cc1.Cl. The molecule has 0 heterocycles. The van der Waals surface area contributed by atoms with E-state index in [9.17, 15) is 4.79 Å². The van der Waals surface area contributed by atoms with Gasteiger partial charge in [-0.15, -0.1) is 12.4 Å². The Morgan fingerprint density at radius 1 is 1.23 bits per heavy atom. The minimum absolute atomic E-state index is 0. The van der Waals surface area contributed by atoms with Gasteiger partial charge in [0.05, 0.1) is 0 Å². The van der Waals surface area contributed by atoms with Gasteiger partial charge in [0, 0.05) is 13.0 Å². The number of carbonyl (C=O) groups excluding carboxylic acids is 1. The largest absolute Gasteiger partial charge is 0.326 e. The van der Waals surface area contributed by atoms with Crippen LogP contribution in [0.1, 0.15) is 18.1 Å². The Hall–Kier alpha value is -0.860. The number of hydrogen-bond donors (Lipinski definition) is 1. The van der Waals surface area contributed by atoms with Crippen LogP contribution in [0.3, 0.4) is 0 Å². The first-order valence-corrected chi connectivity index (χ1v) is 3.99. The van der Waals surface area contributed by atoms with Gasteiger partial charge in [0.1, 0.15) is 5.78 Å². The lowest BCUT2D eigenvalue weighted by Gasteiger charge is -1.99. The van der Waals surface area contributed by atoms with Crippen molar-refractivity contribution in [1.82, 2.24) is 0 Å². The van der Waals surface area contributed by atoms with Gasteiger partial charge in [0.15, 0.2) is 0 Å². The van der Waals surface area contributed by atoms with Crippen molar-refractivity contribution in [1.29, 1.82) is 0 Å². The number of rotatable bonds is 3. The van der Waals surface area contributed by atoms with Crippen LogP contribution in [0.2, 0.25) is 0 Å². The van der Waals surface area contributed by atoms with E-state index in [0.717, 1.165) is 11.1 Å². The van der Waals surface area contributed by atoms with Crippen LogP contribution in [0.5, 0.6) is 0 Å². The fraction of sp³-hybridized carbons (Fsp3) is 0.300. The maximum Gasteiger partial charge on any atom is 0.134 e. The Balaban J connectivity index is 0.00000144. The molecule has 1 rings (SSSR count). The molecule has 0 aliphatic heterocycles. The molecule has 72 valence electrons. The lowest BCUT2D eigenvalue weighted by molar-refractivity contribution is -0.116. The molecule has 0 saturated carbocycles.